The number of nitrogens with zero attached hydrogens (tertiary/aromatic N) is 2. The molecule has 0 N–H and O–H groups in total. The molecule has 0 radical (unpaired) electrons. The lowest BCUT2D eigenvalue weighted by molar-refractivity contribution is -0.138. The van der Waals surface area contributed by atoms with E-state index in [1.54, 1.807) is 13.1 Å². The van der Waals surface area contributed by atoms with Gasteiger partial charge in [0, 0.05) is 32.7 Å². The first kappa shape index (κ1) is 18.7. The van der Waals surface area contributed by atoms with Gasteiger partial charge in [-0.3, -0.25) is 4.90 Å². The zero-order valence-corrected chi connectivity index (χ0v) is 15.0. The van der Waals surface area contributed by atoms with Crippen LogP contribution in [0, 0.1) is 0 Å². The van der Waals surface area contributed by atoms with E-state index in [0.717, 1.165) is 18.9 Å². The molecule has 1 aromatic carbocycles. The standard InChI is InChI=1S/C17H23F3N2O2S/c1-21(25(23,24)15-6-7-15)14-8-10-22(11-9-14)12-13-4-2-3-5-16(13)17(18,19)20/h2-5,14-15H,6-12H2,1H3. The number of sulfonamides is 1. The third kappa shape index (κ3) is 4.17. The molecule has 0 spiro atoms. The maximum Gasteiger partial charge on any atom is 0.416 e. The lowest BCUT2D eigenvalue weighted by Crippen LogP contribution is -2.46. The lowest BCUT2D eigenvalue weighted by Gasteiger charge is -2.36. The first-order valence-electron chi connectivity index (χ1n) is 8.54. The molecule has 25 heavy (non-hydrogen) atoms. The monoisotopic (exact) mass is 376 g/mol. The highest BCUT2D eigenvalue weighted by Crippen LogP contribution is 2.34. The highest BCUT2D eigenvalue weighted by atomic mass is 32.2. The molecule has 8 heteroatoms. The zero-order chi connectivity index (χ0) is 18.2. The van der Waals surface area contributed by atoms with Gasteiger partial charge in [-0.15, -0.1) is 0 Å². The topological polar surface area (TPSA) is 40.6 Å². The maximum atomic E-state index is 13.1. The van der Waals surface area contributed by atoms with Crippen molar-refractivity contribution in [3.63, 3.8) is 0 Å². The van der Waals surface area contributed by atoms with Gasteiger partial charge in [0.2, 0.25) is 10.0 Å². The first-order valence-corrected chi connectivity index (χ1v) is 10.0. The Morgan fingerprint density at radius 2 is 1.72 bits per heavy atom. The van der Waals surface area contributed by atoms with Crippen LogP contribution in [-0.4, -0.2) is 49.1 Å². The predicted molar refractivity (Wildman–Crippen MR) is 89.4 cm³/mol. The van der Waals surface area contributed by atoms with Gasteiger partial charge in [0.15, 0.2) is 0 Å². The summed E-state index contributed by atoms with van der Waals surface area (Å²) in [4.78, 5) is 1.97. The summed E-state index contributed by atoms with van der Waals surface area (Å²) in [6.07, 6.45) is -1.58. The van der Waals surface area contributed by atoms with Gasteiger partial charge in [0.25, 0.3) is 0 Å². The third-order valence-electron chi connectivity index (χ3n) is 5.14. The Kier molecular flexibility index (Phi) is 5.14. The van der Waals surface area contributed by atoms with Crippen molar-refractivity contribution in [3.8, 4) is 0 Å². The van der Waals surface area contributed by atoms with Crippen LogP contribution in [0.2, 0.25) is 0 Å². The van der Waals surface area contributed by atoms with Crippen molar-refractivity contribution in [2.75, 3.05) is 20.1 Å². The number of likely N-dealkylation sites (tertiary alicyclic amines) is 1. The molecule has 1 aromatic rings. The highest BCUT2D eigenvalue weighted by molar-refractivity contribution is 7.90. The summed E-state index contributed by atoms with van der Waals surface area (Å²) in [7, 11) is -1.57. The van der Waals surface area contributed by atoms with E-state index in [0.29, 0.717) is 25.9 Å². The quantitative estimate of drug-likeness (QED) is 0.793. The molecule has 1 heterocycles. The fraction of sp³-hybridized carbons (Fsp3) is 0.647. The molecular weight excluding hydrogens is 353 g/mol. The number of alkyl halides is 3. The van der Waals surface area contributed by atoms with Crippen molar-refractivity contribution in [3.05, 3.63) is 35.4 Å². The molecule has 1 aliphatic carbocycles. The van der Waals surface area contributed by atoms with Crippen LogP contribution in [0.25, 0.3) is 0 Å². The minimum absolute atomic E-state index is 0.0558. The van der Waals surface area contributed by atoms with Crippen molar-refractivity contribution in [2.45, 2.75) is 49.7 Å². The van der Waals surface area contributed by atoms with Crippen molar-refractivity contribution in [2.24, 2.45) is 0 Å². The molecule has 0 atom stereocenters. The molecule has 1 saturated carbocycles. The zero-order valence-electron chi connectivity index (χ0n) is 14.2. The van der Waals surface area contributed by atoms with E-state index < -0.39 is 21.8 Å². The molecule has 0 amide bonds. The van der Waals surface area contributed by atoms with Crippen molar-refractivity contribution in [1.82, 2.24) is 9.21 Å². The minimum Gasteiger partial charge on any atom is -0.299 e. The van der Waals surface area contributed by atoms with Crippen LogP contribution in [0.4, 0.5) is 13.2 Å². The molecule has 1 aliphatic heterocycles. The number of piperidine rings is 1. The summed E-state index contributed by atoms with van der Waals surface area (Å²) in [5, 5.41) is -0.228. The Labute approximate surface area is 146 Å². The van der Waals surface area contributed by atoms with Crippen molar-refractivity contribution in [1.29, 1.82) is 0 Å². The molecule has 140 valence electrons. The largest absolute Gasteiger partial charge is 0.416 e. The molecule has 3 rings (SSSR count). The van der Waals surface area contributed by atoms with Gasteiger partial charge in [-0.2, -0.15) is 13.2 Å². The molecular formula is C17H23F3N2O2S. The van der Waals surface area contributed by atoms with Gasteiger partial charge in [0.1, 0.15) is 0 Å². The second-order valence-electron chi connectivity index (χ2n) is 6.92. The Hall–Kier alpha value is -1.12. The fourth-order valence-corrected chi connectivity index (χ4v) is 5.25. The minimum atomic E-state index is -4.35. The molecule has 2 aliphatic rings. The molecule has 0 bridgehead atoms. The number of hydrogen-bond acceptors (Lipinski definition) is 3. The van der Waals surface area contributed by atoms with Gasteiger partial charge < -0.3 is 0 Å². The summed E-state index contributed by atoms with van der Waals surface area (Å²) in [6.45, 7) is 1.43. The summed E-state index contributed by atoms with van der Waals surface area (Å²) >= 11 is 0. The second-order valence-corrected chi connectivity index (χ2v) is 9.20. The SMILES string of the molecule is CN(C1CCN(Cc2ccccc2C(F)(F)F)CC1)S(=O)(=O)C1CC1. The third-order valence-corrected chi connectivity index (χ3v) is 7.55. The number of benzene rings is 1. The van der Waals surface area contributed by atoms with Crippen LogP contribution in [0.1, 0.15) is 36.8 Å². The smallest absolute Gasteiger partial charge is 0.299 e. The van der Waals surface area contributed by atoms with Crippen LogP contribution in [0.5, 0.6) is 0 Å². The average Bonchev–Trinajstić information content (AvgIpc) is 3.40. The van der Waals surface area contributed by atoms with E-state index in [9.17, 15) is 21.6 Å². The van der Waals surface area contributed by atoms with E-state index >= 15 is 0 Å². The molecule has 0 unspecified atom stereocenters. The number of hydrogen-bond donors (Lipinski definition) is 0. The molecule has 4 nitrogen and oxygen atoms in total. The highest BCUT2D eigenvalue weighted by Gasteiger charge is 2.41. The normalized spacial score (nSPS) is 21.0. The van der Waals surface area contributed by atoms with Crippen LogP contribution < -0.4 is 0 Å². The van der Waals surface area contributed by atoms with E-state index in [-0.39, 0.29) is 23.4 Å². The molecule has 0 aromatic heterocycles. The first-order chi connectivity index (χ1) is 11.7. The lowest BCUT2D eigenvalue weighted by atomic mass is 10.0. The number of halogens is 3. The summed E-state index contributed by atoms with van der Waals surface area (Å²) < 4.78 is 65.4. The van der Waals surface area contributed by atoms with Gasteiger partial charge >= 0.3 is 6.18 Å². The maximum absolute atomic E-state index is 13.1. The van der Waals surface area contributed by atoms with Crippen LogP contribution in [0.3, 0.4) is 0 Å². The van der Waals surface area contributed by atoms with E-state index in [1.165, 1.54) is 16.4 Å². The van der Waals surface area contributed by atoms with Gasteiger partial charge in [0.05, 0.1) is 10.8 Å². The van der Waals surface area contributed by atoms with Crippen LogP contribution in [0.15, 0.2) is 24.3 Å². The van der Waals surface area contributed by atoms with E-state index in [1.807, 2.05) is 4.90 Å². The Morgan fingerprint density at radius 3 is 2.28 bits per heavy atom. The Balaban J connectivity index is 1.60. The van der Waals surface area contributed by atoms with Gasteiger partial charge in [-0.05, 0) is 37.3 Å². The van der Waals surface area contributed by atoms with Gasteiger partial charge in [-0.1, -0.05) is 18.2 Å². The summed E-state index contributed by atoms with van der Waals surface area (Å²) in [5.74, 6) is 0. The molecule has 1 saturated heterocycles. The van der Waals surface area contributed by atoms with Crippen LogP contribution in [-0.2, 0) is 22.7 Å². The van der Waals surface area contributed by atoms with Gasteiger partial charge in [-0.25, -0.2) is 12.7 Å². The predicted octanol–water partition coefficient (Wildman–Crippen LogP) is 3.09. The Morgan fingerprint density at radius 1 is 1.12 bits per heavy atom. The summed E-state index contributed by atoms with van der Waals surface area (Å²) in [5.41, 5.74) is -0.321. The second kappa shape index (κ2) is 6.89. The molecule has 2 fully saturated rings. The average molecular weight is 376 g/mol. The number of rotatable bonds is 5. The van der Waals surface area contributed by atoms with Crippen LogP contribution >= 0.6 is 0 Å². The van der Waals surface area contributed by atoms with Crippen molar-refractivity contribution >= 4 is 10.0 Å². The van der Waals surface area contributed by atoms with E-state index in [2.05, 4.69) is 0 Å². The van der Waals surface area contributed by atoms with Crippen molar-refractivity contribution < 1.29 is 21.6 Å². The fourth-order valence-electron chi connectivity index (χ4n) is 3.43. The Bertz CT molecular complexity index is 709. The van der Waals surface area contributed by atoms with E-state index in [4.69, 9.17) is 0 Å². The summed E-state index contributed by atoms with van der Waals surface area (Å²) in [6, 6.07) is 5.58.